The van der Waals surface area contributed by atoms with Crippen molar-refractivity contribution in [2.24, 2.45) is 0 Å². The van der Waals surface area contributed by atoms with E-state index in [0.717, 1.165) is 0 Å². The van der Waals surface area contributed by atoms with Crippen LogP contribution in [-0.4, -0.2) is 13.4 Å². The SMILES string of the molecule is O=S(=O)(O[C@@H](c1ccc(Cl)cc1)c1ccccn1)c1ccccc1. The number of pyridine rings is 1. The molecular weight excluding hydrogens is 346 g/mol. The predicted octanol–water partition coefficient (Wildman–Crippen LogP) is 4.23. The second-order valence-corrected chi connectivity index (χ2v) is 7.06. The second-order valence-electron chi connectivity index (χ2n) is 5.05. The molecule has 1 heterocycles. The minimum atomic E-state index is -3.94. The largest absolute Gasteiger partial charge is 0.297 e. The van der Waals surface area contributed by atoms with Gasteiger partial charge < -0.3 is 0 Å². The average molecular weight is 360 g/mol. The van der Waals surface area contributed by atoms with E-state index >= 15 is 0 Å². The number of halogens is 1. The van der Waals surface area contributed by atoms with Crippen molar-refractivity contribution in [3.63, 3.8) is 0 Å². The summed E-state index contributed by atoms with van der Waals surface area (Å²) in [4.78, 5) is 4.33. The smallest absolute Gasteiger partial charge is 0.258 e. The molecule has 0 saturated carbocycles. The van der Waals surface area contributed by atoms with Crippen molar-refractivity contribution in [1.29, 1.82) is 0 Å². The van der Waals surface area contributed by atoms with Crippen molar-refractivity contribution in [2.75, 3.05) is 0 Å². The van der Waals surface area contributed by atoms with E-state index in [9.17, 15) is 8.42 Å². The molecule has 3 rings (SSSR count). The van der Waals surface area contributed by atoms with Gasteiger partial charge in [-0.15, -0.1) is 0 Å². The van der Waals surface area contributed by atoms with Crippen molar-refractivity contribution in [3.8, 4) is 0 Å². The second kappa shape index (κ2) is 7.13. The molecule has 0 saturated heterocycles. The summed E-state index contributed by atoms with van der Waals surface area (Å²) >= 11 is 5.92. The van der Waals surface area contributed by atoms with Crippen LogP contribution in [0, 0.1) is 0 Å². The molecule has 3 aromatic rings. The lowest BCUT2D eigenvalue weighted by molar-refractivity contribution is 0.248. The summed E-state index contributed by atoms with van der Waals surface area (Å²) in [5.74, 6) is 0. The highest BCUT2D eigenvalue weighted by atomic mass is 35.5. The highest BCUT2D eigenvalue weighted by molar-refractivity contribution is 7.86. The van der Waals surface area contributed by atoms with Crippen LogP contribution in [0.2, 0.25) is 5.02 Å². The molecule has 0 amide bonds. The van der Waals surface area contributed by atoms with Crippen LogP contribution in [0.1, 0.15) is 17.4 Å². The summed E-state index contributed by atoms with van der Waals surface area (Å²) in [5.41, 5.74) is 1.15. The molecule has 24 heavy (non-hydrogen) atoms. The molecule has 1 aromatic heterocycles. The third kappa shape index (κ3) is 3.82. The molecule has 0 unspecified atom stereocenters. The van der Waals surface area contributed by atoms with Gasteiger partial charge in [0, 0.05) is 11.2 Å². The summed E-state index contributed by atoms with van der Waals surface area (Å²) < 4.78 is 30.7. The summed E-state index contributed by atoms with van der Waals surface area (Å²) in [7, 11) is -3.94. The minimum Gasteiger partial charge on any atom is -0.258 e. The van der Waals surface area contributed by atoms with E-state index in [1.807, 2.05) is 0 Å². The maximum absolute atomic E-state index is 12.6. The number of benzene rings is 2. The fourth-order valence-electron chi connectivity index (χ4n) is 2.21. The molecule has 2 aromatic carbocycles. The van der Waals surface area contributed by atoms with Crippen molar-refractivity contribution >= 4 is 21.7 Å². The van der Waals surface area contributed by atoms with Gasteiger partial charge >= 0.3 is 0 Å². The Hall–Kier alpha value is -2.21. The van der Waals surface area contributed by atoms with Crippen LogP contribution in [0.3, 0.4) is 0 Å². The number of aromatic nitrogens is 1. The normalized spacial score (nSPS) is 12.7. The molecule has 0 aliphatic carbocycles. The van der Waals surface area contributed by atoms with Gasteiger partial charge in [0.15, 0.2) is 0 Å². The highest BCUT2D eigenvalue weighted by Gasteiger charge is 2.25. The Balaban J connectivity index is 2.01. The van der Waals surface area contributed by atoms with E-state index in [-0.39, 0.29) is 4.90 Å². The van der Waals surface area contributed by atoms with Gasteiger partial charge in [0.25, 0.3) is 10.1 Å². The van der Waals surface area contributed by atoms with E-state index < -0.39 is 16.2 Å². The van der Waals surface area contributed by atoms with E-state index in [1.165, 1.54) is 12.1 Å². The summed E-state index contributed by atoms with van der Waals surface area (Å²) in [5, 5.41) is 0.560. The Morgan fingerprint density at radius 1 is 0.875 bits per heavy atom. The Bertz CT molecular complexity index is 898. The van der Waals surface area contributed by atoms with Gasteiger partial charge in [-0.2, -0.15) is 8.42 Å². The average Bonchev–Trinajstić information content (AvgIpc) is 2.62. The minimum absolute atomic E-state index is 0.0971. The lowest BCUT2D eigenvalue weighted by atomic mass is 10.1. The zero-order chi connectivity index (χ0) is 17.0. The van der Waals surface area contributed by atoms with Crippen molar-refractivity contribution in [3.05, 3.63) is 95.3 Å². The first-order valence-electron chi connectivity index (χ1n) is 7.21. The van der Waals surface area contributed by atoms with E-state index in [2.05, 4.69) is 4.98 Å². The molecule has 0 radical (unpaired) electrons. The molecule has 122 valence electrons. The first kappa shape index (κ1) is 16.6. The third-order valence-electron chi connectivity index (χ3n) is 3.38. The van der Waals surface area contributed by atoms with Gasteiger partial charge in [-0.25, -0.2) is 0 Å². The monoisotopic (exact) mass is 359 g/mol. The standard InChI is InChI=1S/C18H14ClNO3S/c19-15-11-9-14(10-12-15)18(17-8-4-5-13-20-17)23-24(21,22)16-6-2-1-3-7-16/h1-13,18H/t18-/m0/s1. The van der Waals surface area contributed by atoms with Crippen molar-refractivity contribution < 1.29 is 12.6 Å². The van der Waals surface area contributed by atoms with Gasteiger partial charge in [0.1, 0.15) is 6.10 Å². The van der Waals surface area contributed by atoms with Gasteiger partial charge in [0.2, 0.25) is 0 Å². The van der Waals surface area contributed by atoms with E-state index in [4.69, 9.17) is 15.8 Å². The predicted molar refractivity (Wildman–Crippen MR) is 92.2 cm³/mol. The van der Waals surface area contributed by atoms with Gasteiger partial charge in [-0.1, -0.05) is 48.0 Å². The number of hydrogen-bond donors (Lipinski definition) is 0. The zero-order valence-electron chi connectivity index (χ0n) is 12.5. The maximum atomic E-state index is 12.6. The van der Waals surface area contributed by atoms with Crippen LogP contribution < -0.4 is 0 Å². The molecule has 0 fully saturated rings. The summed E-state index contributed by atoms with van der Waals surface area (Å²) in [6, 6.07) is 20.1. The Morgan fingerprint density at radius 2 is 1.54 bits per heavy atom. The topological polar surface area (TPSA) is 56.3 Å². The van der Waals surface area contributed by atoms with Crippen LogP contribution in [0.25, 0.3) is 0 Å². The number of rotatable bonds is 5. The highest BCUT2D eigenvalue weighted by Crippen LogP contribution is 2.29. The van der Waals surface area contributed by atoms with Gasteiger partial charge in [0.05, 0.1) is 10.6 Å². The molecule has 1 atom stereocenters. The number of nitrogens with zero attached hydrogens (tertiary/aromatic N) is 1. The molecule has 4 nitrogen and oxygen atoms in total. The quantitative estimate of drug-likeness (QED) is 0.640. The Morgan fingerprint density at radius 3 is 2.17 bits per heavy atom. The van der Waals surface area contributed by atoms with Gasteiger partial charge in [-0.05, 0) is 42.0 Å². The summed E-state index contributed by atoms with van der Waals surface area (Å²) in [6.07, 6.45) is 0.741. The molecular formula is C18H14ClNO3S. The molecule has 0 spiro atoms. The summed E-state index contributed by atoms with van der Waals surface area (Å²) in [6.45, 7) is 0. The van der Waals surface area contributed by atoms with Crippen LogP contribution >= 0.6 is 11.6 Å². The van der Waals surface area contributed by atoms with Gasteiger partial charge in [-0.3, -0.25) is 9.17 Å². The molecule has 0 aliphatic heterocycles. The molecule has 0 aliphatic rings. The van der Waals surface area contributed by atoms with Crippen LogP contribution in [0.4, 0.5) is 0 Å². The molecule has 0 N–H and O–H groups in total. The fourth-order valence-corrected chi connectivity index (χ4v) is 3.40. The van der Waals surface area contributed by atoms with Crippen LogP contribution in [-0.2, 0) is 14.3 Å². The van der Waals surface area contributed by atoms with Crippen LogP contribution in [0.15, 0.2) is 83.9 Å². The molecule has 6 heteroatoms. The van der Waals surface area contributed by atoms with Crippen LogP contribution in [0.5, 0.6) is 0 Å². The zero-order valence-corrected chi connectivity index (χ0v) is 14.1. The molecule has 0 bridgehead atoms. The maximum Gasteiger partial charge on any atom is 0.297 e. The lowest BCUT2D eigenvalue weighted by Gasteiger charge is -2.17. The fraction of sp³-hybridized carbons (Fsp3) is 0.0556. The Kier molecular flexibility index (Phi) is 4.94. The third-order valence-corrected chi connectivity index (χ3v) is 4.93. The number of hydrogen-bond acceptors (Lipinski definition) is 4. The van der Waals surface area contributed by atoms with E-state index in [0.29, 0.717) is 16.3 Å². The first-order valence-corrected chi connectivity index (χ1v) is 8.99. The first-order chi connectivity index (χ1) is 11.6. The lowest BCUT2D eigenvalue weighted by Crippen LogP contribution is -2.14. The Labute approximate surface area is 145 Å². The van der Waals surface area contributed by atoms with Crippen molar-refractivity contribution in [2.45, 2.75) is 11.0 Å². The van der Waals surface area contributed by atoms with Crippen molar-refractivity contribution in [1.82, 2.24) is 4.98 Å². The van der Waals surface area contributed by atoms with E-state index in [1.54, 1.807) is 66.9 Å².